The van der Waals surface area contributed by atoms with Gasteiger partial charge in [-0.25, -0.2) is 0 Å². The van der Waals surface area contributed by atoms with E-state index >= 15 is 0 Å². The minimum Gasteiger partial charge on any atom is -0.496 e. The zero-order valence-electron chi connectivity index (χ0n) is 15.3. The van der Waals surface area contributed by atoms with Gasteiger partial charge in [0.2, 0.25) is 0 Å². The Morgan fingerprint density at radius 1 is 1.15 bits per heavy atom. The molecular weight excluding hydrogens is 330 g/mol. The molecule has 6 heteroatoms. The summed E-state index contributed by atoms with van der Waals surface area (Å²) >= 11 is 0. The average molecular weight is 351 g/mol. The van der Waals surface area contributed by atoms with Crippen molar-refractivity contribution in [1.82, 2.24) is 15.0 Å². The molecule has 0 aliphatic carbocycles. The van der Waals surface area contributed by atoms with Crippen molar-refractivity contribution < 1.29 is 14.1 Å². The topological polar surface area (TPSA) is 68.5 Å². The molecule has 0 fully saturated rings. The monoisotopic (exact) mass is 351 g/mol. The van der Waals surface area contributed by atoms with Crippen LogP contribution in [0.25, 0.3) is 11.5 Å². The van der Waals surface area contributed by atoms with Crippen molar-refractivity contribution in [3.63, 3.8) is 0 Å². The molecule has 3 aromatic rings. The summed E-state index contributed by atoms with van der Waals surface area (Å²) in [4.78, 5) is 18.7. The Bertz CT molecular complexity index is 903. The summed E-state index contributed by atoms with van der Waals surface area (Å²) in [5.74, 6) is 1.71. The normalized spacial score (nSPS) is 11.8. The molecule has 0 bridgehead atoms. The lowest BCUT2D eigenvalue weighted by molar-refractivity contribution is 0.0741. The third-order valence-corrected chi connectivity index (χ3v) is 4.40. The Balaban J connectivity index is 1.79. The number of ether oxygens (including phenoxy) is 1. The molecule has 0 N–H and O–H groups in total. The lowest BCUT2D eigenvalue weighted by atomic mass is 10.0. The molecule has 0 radical (unpaired) electrons. The highest BCUT2D eigenvalue weighted by Crippen LogP contribution is 2.29. The van der Waals surface area contributed by atoms with Crippen LogP contribution in [0.1, 0.15) is 34.7 Å². The van der Waals surface area contributed by atoms with E-state index in [0.29, 0.717) is 17.3 Å². The standard InChI is InChI=1S/C20H21N3O3/c1-13(17-7-5-6-8-18(17)25-4)23(3)20(24)16-11-9-15(10-12-16)19-21-14(2)22-26-19/h5-13H,1-4H3. The number of aromatic nitrogens is 2. The molecule has 1 unspecified atom stereocenters. The van der Waals surface area contributed by atoms with Crippen molar-refractivity contribution in [2.24, 2.45) is 0 Å². The van der Waals surface area contributed by atoms with Gasteiger partial charge in [-0.1, -0.05) is 23.4 Å². The molecule has 1 aromatic heterocycles. The van der Waals surface area contributed by atoms with Crippen LogP contribution in [0.3, 0.4) is 0 Å². The molecule has 0 saturated heterocycles. The fourth-order valence-electron chi connectivity index (χ4n) is 2.77. The fraction of sp³-hybridized carbons (Fsp3) is 0.250. The maximum absolute atomic E-state index is 12.8. The Hall–Kier alpha value is -3.15. The Morgan fingerprint density at radius 3 is 2.46 bits per heavy atom. The molecule has 0 spiro atoms. The van der Waals surface area contributed by atoms with E-state index in [9.17, 15) is 4.79 Å². The minimum atomic E-state index is -0.128. The summed E-state index contributed by atoms with van der Waals surface area (Å²) in [6, 6.07) is 14.7. The van der Waals surface area contributed by atoms with Crippen molar-refractivity contribution in [3.8, 4) is 17.2 Å². The number of methoxy groups -OCH3 is 1. The SMILES string of the molecule is COc1ccccc1C(C)N(C)C(=O)c1ccc(-c2nc(C)no2)cc1. The number of hydrogen-bond acceptors (Lipinski definition) is 5. The highest BCUT2D eigenvalue weighted by Gasteiger charge is 2.21. The van der Waals surface area contributed by atoms with Gasteiger partial charge in [-0.15, -0.1) is 0 Å². The summed E-state index contributed by atoms with van der Waals surface area (Å²) < 4.78 is 10.6. The molecule has 3 rings (SSSR count). The molecule has 0 aliphatic rings. The Morgan fingerprint density at radius 2 is 1.85 bits per heavy atom. The van der Waals surface area contributed by atoms with Crippen LogP contribution in [-0.2, 0) is 0 Å². The molecule has 0 saturated carbocycles. The molecular formula is C20H21N3O3. The van der Waals surface area contributed by atoms with Crippen LogP contribution < -0.4 is 4.74 Å². The number of carbonyl (C=O) groups excluding carboxylic acids is 1. The predicted octanol–water partition coefficient (Wildman–Crippen LogP) is 3.89. The van der Waals surface area contributed by atoms with E-state index in [4.69, 9.17) is 9.26 Å². The zero-order valence-corrected chi connectivity index (χ0v) is 15.3. The number of hydrogen-bond donors (Lipinski definition) is 0. The van der Waals surface area contributed by atoms with Crippen LogP contribution in [0.15, 0.2) is 53.1 Å². The maximum atomic E-state index is 12.8. The summed E-state index contributed by atoms with van der Waals surface area (Å²) in [6.07, 6.45) is 0. The van der Waals surface area contributed by atoms with Crippen LogP contribution in [0.2, 0.25) is 0 Å². The van der Waals surface area contributed by atoms with Gasteiger partial charge in [0.15, 0.2) is 5.82 Å². The molecule has 134 valence electrons. The number of benzene rings is 2. The summed E-state index contributed by atoms with van der Waals surface area (Å²) in [7, 11) is 3.42. The molecule has 1 atom stereocenters. The van der Waals surface area contributed by atoms with Crippen molar-refractivity contribution in [3.05, 3.63) is 65.5 Å². The van der Waals surface area contributed by atoms with E-state index in [1.54, 1.807) is 38.1 Å². The molecule has 2 aromatic carbocycles. The number of para-hydroxylation sites is 1. The number of amides is 1. The van der Waals surface area contributed by atoms with Gasteiger partial charge in [-0.05, 0) is 44.2 Å². The fourth-order valence-corrected chi connectivity index (χ4v) is 2.77. The van der Waals surface area contributed by atoms with Crippen LogP contribution >= 0.6 is 0 Å². The smallest absolute Gasteiger partial charge is 0.257 e. The van der Waals surface area contributed by atoms with Crippen LogP contribution in [0, 0.1) is 6.92 Å². The largest absolute Gasteiger partial charge is 0.496 e. The van der Waals surface area contributed by atoms with Crippen molar-refractivity contribution in [2.75, 3.05) is 14.2 Å². The summed E-state index contributed by atoms with van der Waals surface area (Å²) in [6.45, 7) is 3.74. The van der Waals surface area contributed by atoms with E-state index in [0.717, 1.165) is 16.9 Å². The summed E-state index contributed by atoms with van der Waals surface area (Å²) in [5, 5.41) is 3.78. The number of rotatable bonds is 5. The highest BCUT2D eigenvalue weighted by molar-refractivity contribution is 5.94. The quantitative estimate of drug-likeness (QED) is 0.697. The van der Waals surface area contributed by atoms with Gasteiger partial charge in [0, 0.05) is 23.7 Å². The van der Waals surface area contributed by atoms with E-state index in [1.165, 1.54) is 0 Å². The second-order valence-corrected chi connectivity index (χ2v) is 6.06. The van der Waals surface area contributed by atoms with Gasteiger partial charge >= 0.3 is 0 Å². The number of carbonyl (C=O) groups is 1. The molecule has 6 nitrogen and oxygen atoms in total. The first kappa shape index (κ1) is 17.7. The van der Waals surface area contributed by atoms with Crippen LogP contribution in [0.5, 0.6) is 5.75 Å². The lowest BCUT2D eigenvalue weighted by Gasteiger charge is -2.26. The molecule has 1 heterocycles. The summed E-state index contributed by atoms with van der Waals surface area (Å²) in [5.41, 5.74) is 2.33. The second-order valence-electron chi connectivity index (χ2n) is 6.06. The van der Waals surface area contributed by atoms with Gasteiger partial charge in [-0.2, -0.15) is 4.98 Å². The van der Waals surface area contributed by atoms with E-state index in [2.05, 4.69) is 10.1 Å². The Kier molecular flexibility index (Phi) is 5.02. The average Bonchev–Trinajstić information content (AvgIpc) is 3.12. The van der Waals surface area contributed by atoms with E-state index < -0.39 is 0 Å². The predicted molar refractivity (Wildman–Crippen MR) is 98.0 cm³/mol. The first-order valence-electron chi connectivity index (χ1n) is 8.32. The van der Waals surface area contributed by atoms with Gasteiger partial charge in [0.05, 0.1) is 13.2 Å². The van der Waals surface area contributed by atoms with Crippen LogP contribution in [-0.4, -0.2) is 35.1 Å². The van der Waals surface area contributed by atoms with Crippen LogP contribution in [0.4, 0.5) is 0 Å². The Labute approximate surface area is 152 Å². The molecule has 26 heavy (non-hydrogen) atoms. The molecule has 0 aliphatic heterocycles. The van der Waals surface area contributed by atoms with Gasteiger partial charge < -0.3 is 14.2 Å². The van der Waals surface area contributed by atoms with Crippen molar-refractivity contribution in [1.29, 1.82) is 0 Å². The maximum Gasteiger partial charge on any atom is 0.257 e. The third kappa shape index (κ3) is 3.44. The van der Waals surface area contributed by atoms with Gasteiger partial charge in [-0.3, -0.25) is 4.79 Å². The first-order valence-corrected chi connectivity index (χ1v) is 8.32. The number of aryl methyl sites for hydroxylation is 1. The first-order chi connectivity index (χ1) is 12.5. The zero-order chi connectivity index (χ0) is 18.7. The van der Waals surface area contributed by atoms with Crippen molar-refractivity contribution >= 4 is 5.91 Å². The lowest BCUT2D eigenvalue weighted by Crippen LogP contribution is -2.29. The minimum absolute atomic E-state index is 0.0725. The van der Waals surface area contributed by atoms with E-state index in [1.807, 2.05) is 43.3 Å². The highest BCUT2D eigenvalue weighted by atomic mass is 16.5. The van der Waals surface area contributed by atoms with Gasteiger partial charge in [0.25, 0.3) is 11.8 Å². The van der Waals surface area contributed by atoms with Crippen molar-refractivity contribution in [2.45, 2.75) is 19.9 Å². The molecule has 1 amide bonds. The second kappa shape index (κ2) is 7.39. The van der Waals surface area contributed by atoms with E-state index in [-0.39, 0.29) is 11.9 Å². The van der Waals surface area contributed by atoms with Gasteiger partial charge in [0.1, 0.15) is 5.75 Å². The number of nitrogens with zero attached hydrogens (tertiary/aromatic N) is 3. The third-order valence-electron chi connectivity index (χ3n) is 4.40.